The average Bonchev–Trinajstić information content (AvgIpc) is 2.42. The molecule has 0 spiro atoms. The van der Waals surface area contributed by atoms with Crippen molar-refractivity contribution in [3.8, 4) is 0 Å². The Bertz CT molecular complexity index is 439. The summed E-state index contributed by atoms with van der Waals surface area (Å²) in [7, 11) is -0.824. The number of rotatable bonds is 9. The second-order valence-electron chi connectivity index (χ2n) is 4.92. The van der Waals surface area contributed by atoms with Crippen LogP contribution in [0.1, 0.15) is 39.4 Å². The summed E-state index contributed by atoms with van der Waals surface area (Å²) in [4.78, 5) is 9.00. The number of nitrogens with one attached hydrogen (secondary N) is 2. The summed E-state index contributed by atoms with van der Waals surface area (Å²) in [6, 6.07) is 1.92. The molecule has 5 nitrogen and oxygen atoms in total. The number of hydrogen-bond acceptors (Lipinski definition) is 5. The molecule has 6 heteroatoms. The van der Waals surface area contributed by atoms with E-state index in [9.17, 15) is 4.21 Å². The summed E-state index contributed by atoms with van der Waals surface area (Å²) >= 11 is 0. The van der Waals surface area contributed by atoms with E-state index in [2.05, 4.69) is 34.4 Å². The number of aryl methyl sites for hydroxylation is 1. The van der Waals surface area contributed by atoms with Crippen LogP contribution in [0, 0.1) is 0 Å². The number of aromatic nitrogens is 2. The molecule has 1 aromatic rings. The monoisotopic (exact) mass is 298 g/mol. The van der Waals surface area contributed by atoms with Crippen molar-refractivity contribution in [3.63, 3.8) is 0 Å². The first-order valence-electron chi connectivity index (χ1n) is 7.24. The lowest BCUT2D eigenvalue weighted by atomic mass is 10.3. The maximum Gasteiger partial charge on any atom is 0.133 e. The Hall–Kier alpha value is -1.17. The van der Waals surface area contributed by atoms with Crippen LogP contribution in [0.5, 0.6) is 0 Å². The van der Waals surface area contributed by atoms with E-state index < -0.39 is 10.8 Å². The molecular weight excluding hydrogens is 272 g/mol. The molecule has 1 aromatic heterocycles. The van der Waals surface area contributed by atoms with Gasteiger partial charge in [0.2, 0.25) is 0 Å². The summed E-state index contributed by atoms with van der Waals surface area (Å²) in [5, 5.41) is 6.65. The standard InChI is InChI=1S/C14H26N4OS/c1-5-7-12-17-13(15-8-6-2)9-14(18-12)16-10-11(3)20(4)19/h9,11H,5-8,10H2,1-4H3,(H2,15,16,17,18). The Labute approximate surface area is 124 Å². The molecule has 1 heterocycles. The van der Waals surface area contributed by atoms with Crippen molar-refractivity contribution in [1.29, 1.82) is 0 Å². The highest BCUT2D eigenvalue weighted by Crippen LogP contribution is 2.13. The molecule has 2 unspecified atom stereocenters. The topological polar surface area (TPSA) is 66.9 Å². The lowest BCUT2D eigenvalue weighted by Gasteiger charge is -2.13. The van der Waals surface area contributed by atoms with E-state index in [0.29, 0.717) is 6.54 Å². The van der Waals surface area contributed by atoms with E-state index in [1.54, 1.807) is 6.26 Å². The fourth-order valence-corrected chi connectivity index (χ4v) is 1.95. The normalized spacial score (nSPS) is 13.8. The molecule has 0 aromatic carbocycles. The van der Waals surface area contributed by atoms with Gasteiger partial charge in [-0.3, -0.25) is 4.21 Å². The van der Waals surface area contributed by atoms with Crippen LogP contribution in [0.25, 0.3) is 0 Å². The van der Waals surface area contributed by atoms with E-state index in [0.717, 1.165) is 43.3 Å². The quantitative estimate of drug-likeness (QED) is 0.733. The molecule has 0 aliphatic rings. The van der Waals surface area contributed by atoms with E-state index in [1.807, 2.05) is 13.0 Å². The van der Waals surface area contributed by atoms with Gasteiger partial charge in [-0.1, -0.05) is 13.8 Å². The number of anilines is 2. The highest BCUT2D eigenvalue weighted by atomic mass is 32.2. The Morgan fingerprint density at radius 3 is 2.40 bits per heavy atom. The van der Waals surface area contributed by atoms with Crippen molar-refractivity contribution in [2.24, 2.45) is 0 Å². The molecule has 0 bridgehead atoms. The van der Waals surface area contributed by atoms with Crippen LogP contribution in [-0.2, 0) is 17.2 Å². The molecule has 20 heavy (non-hydrogen) atoms. The van der Waals surface area contributed by atoms with E-state index in [4.69, 9.17) is 0 Å². The molecule has 0 aliphatic carbocycles. The van der Waals surface area contributed by atoms with Crippen LogP contribution in [0.15, 0.2) is 6.07 Å². The minimum absolute atomic E-state index is 0.103. The van der Waals surface area contributed by atoms with E-state index >= 15 is 0 Å². The third kappa shape index (κ3) is 5.86. The molecule has 1 rings (SSSR count). The first-order chi connectivity index (χ1) is 9.56. The summed E-state index contributed by atoms with van der Waals surface area (Å²) in [6.07, 6.45) is 4.67. The summed E-state index contributed by atoms with van der Waals surface area (Å²) in [5.41, 5.74) is 0. The molecule has 0 aliphatic heterocycles. The van der Waals surface area contributed by atoms with Gasteiger partial charge in [-0.05, 0) is 19.8 Å². The van der Waals surface area contributed by atoms with Crippen molar-refractivity contribution in [3.05, 3.63) is 11.9 Å². The lowest BCUT2D eigenvalue weighted by Crippen LogP contribution is -2.21. The predicted octanol–water partition coefficient (Wildman–Crippen LogP) is 2.43. The first-order valence-corrected chi connectivity index (χ1v) is 8.86. The third-order valence-electron chi connectivity index (χ3n) is 2.94. The van der Waals surface area contributed by atoms with Crippen LogP contribution in [0.2, 0.25) is 0 Å². The minimum atomic E-state index is -0.824. The van der Waals surface area contributed by atoms with Crippen molar-refractivity contribution < 1.29 is 4.21 Å². The molecule has 0 fully saturated rings. The summed E-state index contributed by atoms with van der Waals surface area (Å²) in [5.74, 6) is 2.51. The Morgan fingerprint density at radius 1 is 1.20 bits per heavy atom. The van der Waals surface area contributed by atoms with Crippen molar-refractivity contribution >= 4 is 22.4 Å². The van der Waals surface area contributed by atoms with Crippen molar-refractivity contribution in [2.75, 3.05) is 30.0 Å². The summed E-state index contributed by atoms with van der Waals surface area (Å²) in [6.45, 7) is 7.76. The fraction of sp³-hybridized carbons (Fsp3) is 0.714. The highest BCUT2D eigenvalue weighted by molar-refractivity contribution is 7.84. The van der Waals surface area contributed by atoms with E-state index in [-0.39, 0.29) is 5.25 Å². The Kier molecular flexibility index (Phi) is 7.51. The molecule has 0 radical (unpaired) electrons. The Balaban J connectivity index is 2.76. The van der Waals surface area contributed by atoms with E-state index in [1.165, 1.54) is 0 Å². The molecule has 2 N–H and O–H groups in total. The molecule has 0 saturated carbocycles. The van der Waals surface area contributed by atoms with Gasteiger partial charge in [-0.2, -0.15) is 0 Å². The average molecular weight is 298 g/mol. The van der Waals surface area contributed by atoms with Crippen molar-refractivity contribution in [2.45, 2.75) is 45.3 Å². The minimum Gasteiger partial charge on any atom is -0.370 e. The largest absolute Gasteiger partial charge is 0.370 e. The van der Waals surface area contributed by atoms with Gasteiger partial charge in [-0.15, -0.1) is 0 Å². The highest BCUT2D eigenvalue weighted by Gasteiger charge is 2.08. The maximum atomic E-state index is 11.4. The third-order valence-corrected chi connectivity index (χ3v) is 4.24. The molecule has 2 atom stereocenters. The van der Waals surface area contributed by atoms with Crippen LogP contribution < -0.4 is 10.6 Å². The van der Waals surface area contributed by atoms with Gasteiger partial charge in [0.25, 0.3) is 0 Å². The number of hydrogen-bond donors (Lipinski definition) is 2. The smallest absolute Gasteiger partial charge is 0.133 e. The second-order valence-corrected chi connectivity index (χ2v) is 6.72. The van der Waals surface area contributed by atoms with Gasteiger partial charge in [0, 0.05) is 47.9 Å². The van der Waals surface area contributed by atoms with Crippen LogP contribution >= 0.6 is 0 Å². The number of nitrogens with zero attached hydrogens (tertiary/aromatic N) is 2. The zero-order valence-corrected chi connectivity index (χ0v) is 13.7. The van der Waals surface area contributed by atoms with Gasteiger partial charge in [0.15, 0.2) is 0 Å². The van der Waals surface area contributed by atoms with Gasteiger partial charge in [0.05, 0.1) is 0 Å². The van der Waals surface area contributed by atoms with Gasteiger partial charge < -0.3 is 10.6 Å². The zero-order valence-electron chi connectivity index (χ0n) is 12.9. The first kappa shape index (κ1) is 16.9. The van der Waals surface area contributed by atoms with Gasteiger partial charge in [-0.25, -0.2) is 9.97 Å². The van der Waals surface area contributed by atoms with Crippen molar-refractivity contribution in [1.82, 2.24) is 9.97 Å². The summed E-state index contributed by atoms with van der Waals surface area (Å²) < 4.78 is 11.4. The molecule has 0 saturated heterocycles. The lowest BCUT2D eigenvalue weighted by molar-refractivity contribution is 0.678. The van der Waals surface area contributed by atoms with Gasteiger partial charge in [0.1, 0.15) is 17.5 Å². The molecular formula is C14H26N4OS. The molecule has 114 valence electrons. The van der Waals surface area contributed by atoms with Crippen LogP contribution in [0.4, 0.5) is 11.6 Å². The van der Waals surface area contributed by atoms with Crippen LogP contribution in [0.3, 0.4) is 0 Å². The molecule has 0 amide bonds. The second kappa shape index (κ2) is 8.89. The maximum absolute atomic E-state index is 11.4. The van der Waals surface area contributed by atoms with Gasteiger partial charge >= 0.3 is 0 Å². The zero-order chi connectivity index (χ0) is 15.0. The van der Waals surface area contributed by atoms with Crippen LogP contribution in [-0.4, -0.2) is 38.8 Å². The predicted molar refractivity (Wildman–Crippen MR) is 86.8 cm³/mol. The SMILES string of the molecule is CCCNc1cc(NCC(C)S(C)=O)nc(CCC)n1. The fourth-order valence-electron chi connectivity index (χ4n) is 1.63. The Morgan fingerprint density at radius 2 is 1.85 bits per heavy atom.